The molecule has 4 heterocycles. The molecule has 0 spiro atoms. The number of benzene rings is 1. The lowest BCUT2D eigenvalue weighted by molar-refractivity contribution is -0.113. The molecule has 3 aromatic heterocycles. The average molecular weight is 497 g/mol. The number of carbonyl (C=O) groups is 2. The van der Waals surface area contributed by atoms with Gasteiger partial charge in [-0.3, -0.25) is 4.79 Å². The van der Waals surface area contributed by atoms with E-state index in [-0.39, 0.29) is 36.4 Å². The van der Waals surface area contributed by atoms with Gasteiger partial charge in [-0.15, -0.1) is 11.3 Å². The van der Waals surface area contributed by atoms with Crippen molar-refractivity contribution in [2.24, 2.45) is 0 Å². The van der Waals surface area contributed by atoms with Gasteiger partial charge in [0.15, 0.2) is 18.1 Å². The number of aromatic nitrogens is 3. The minimum Gasteiger partial charge on any atom is -0.454 e. The summed E-state index contributed by atoms with van der Waals surface area (Å²) in [5, 5.41) is 8.89. The van der Waals surface area contributed by atoms with Gasteiger partial charge in [-0.05, 0) is 35.7 Å². The molecule has 0 saturated heterocycles. The number of rotatable bonds is 8. The first-order chi connectivity index (χ1) is 16.7. The third-order valence-electron chi connectivity index (χ3n) is 4.52. The molecule has 0 radical (unpaired) electrons. The number of carbonyl (C=O) groups excluding carboxylic acids is 2. The zero-order valence-corrected chi connectivity index (χ0v) is 19.1. The van der Waals surface area contributed by atoms with E-state index in [9.17, 15) is 9.59 Å². The van der Waals surface area contributed by atoms with Crippen LogP contribution in [0.2, 0.25) is 0 Å². The Morgan fingerprint density at radius 3 is 2.94 bits per heavy atom. The van der Waals surface area contributed by atoms with Crippen LogP contribution in [0, 0.1) is 0 Å². The Morgan fingerprint density at radius 2 is 2.06 bits per heavy atom. The van der Waals surface area contributed by atoms with E-state index in [1.165, 1.54) is 11.3 Å². The van der Waals surface area contributed by atoms with Crippen molar-refractivity contribution in [3.8, 4) is 22.3 Å². The third-order valence-corrected chi connectivity index (χ3v) is 6.38. The van der Waals surface area contributed by atoms with Gasteiger partial charge in [0.1, 0.15) is 5.03 Å². The standard InChI is InChI=1S/C22H16N4O6S2/c27-19(24-13-5-6-15-16(9-13)31-12-30-15)11-34-21-14(3-1-7-23-21)22(28)29-10-18-25-20(32-26-18)17-4-2-8-33-17/h1-9H,10-12H2,(H,24,27). The van der Waals surface area contributed by atoms with Crippen molar-refractivity contribution >= 4 is 40.7 Å². The van der Waals surface area contributed by atoms with Gasteiger partial charge in [0.05, 0.1) is 16.2 Å². The molecule has 1 aliphatic rings. The van der Waals surface area contributed by atoms with E-state index in [0.717, 1.165) is 16.6 Å². The SMILES string of the molecule is O=C(CSc1ncccc1C(=O)OCc1noc(-c2cccs2)n1)Nc1ccc2c(c1)OCO2. The highest BCUT2D eigenvalue weighted by molar-refractivity contribution is 8.00. The van der Waals surface area contributed by atoms with Gasteiger partial charge < -0.3 is 24.1 Å². The van der Waals surface area contributed by atoms with E-state index in [4.69, 9.17) is 18.7 Å². The summed E-state index contributed by atoms with van der Waals surface area (Å²) < 4.78 is 21.1. The molecule has 5 rings (SSSR count). The Bertz CT molecular complexity index is 1320. The molecule has 0 atom stereocenters. The van der Waals surface area contributed by atoms with Gasteiger partial charge in [0.2, 0.25) is 18.5 Å². The minimum atomic E-state index is -0.603. The largest absolute Gasteiger partial charge is 0.454 e. The highest BCUT2D eigenvalue weighted by Gasteiger charge is 2.18. The molecule has 34 heavy (non-hydrogen) atoms. The number of nitrogens with zero attached hydrogens (tertiary/aromatic N) is 3. The zero-order chi connectivity index (χ0) is 23.3. The first-order valence-electron chi connectivity index (χ1n) is 9.96. The Balaban J connectivity index is 1.17. The van der Waals surface area contributed by atoms with Crippen LogP contribution in [0.3, 0.4) is 0 Å². The molecule has 0 bridgehead atoms. The molecule has 1 aliphatic heterocycles. The van der Waals surface area contributed by atoms with Crippen LogP contribution in [0.4, 0.5) is 5.69 Å². The summed E-state index contributed by atoms with van der Waals surface area (Å²) in [5.41, 5.74) is 0.822. The summed E-state index contributed by atoms with van der Waals surface area (Å²) in [6.45, 7) is 0.000958. The van der Waals surface area contributed by atoms with Crippen LogP contribution in [0.15, 0.2) is 63.6 Å². The number of thiophene rings is 1. The molecular weight excluding hydrogens is 480 g/mol. The van der Waals surface area contributed by atoms with Gasteiger partial charge in [-0.25, -0.2) is 9.78 Å². The molecule has 1 N–H and O–H groups in total. The van der Waals surface area contributed by atoms with Crippen molar-refractivity contribution in [2.75, 3.05) is 17.9 Å². The van der Waals surface area contributed by atoms with E-state index in [1.807, 2.05) is 17.5 Å². The second-order valence-electron chi connectivity index (χ2n) is 6.83. The number of anilines is 1. The number of esters is 1. The Morgan fingerprint density at radius 1 is 1.15 bits per heavy atom. The predicted octanol–water partition coefficient (Wildman–Crippen LogP) is 4.01. The summed E-state index contributed by atoms with van der Waals surface area (Å²) >= 11 is 2.59. The fourth-order valence-corrected chi connectivity index (χ4v) is 4.41. The molecule has 0 unspecified atom stereocenters. The van der Waals surface area contributed by atoms with Crippen molar-refractivity contribution in [3.63, 3.8) is 0 Å². The Kier molecular flexibility index (Phi) is 6.40. The highest BCUT2D eigenvalue weighted by Crippen LogP contribution is 2.34. The summed E-state index contributed by atoms with van der Waals surface area (Å²) in [7, 11) is 0. The third kappa shape index (κ3) is 5.02. The van der Waals surface area contributed by atoms with Gasteiger partial charge in [-0.2, -0.15) is 4.98 Å². The number of amides is 1. The molecule has 0 aliphatic carbocycles. The van der Waals surface area contributed by atoms with E-state index in [1.54, 1.807) is 36.5 Å². The van der Waals surface area contributed by atoms with Gasteiger partial charge in [0.25, 0.3) is 5.89 Å². The molecule has 0 saturated carbocycles. The lowest BCUT2D eigenvalue weighted by Crippen LogP contribution is -2.15. The van der Waals surface area contributed by atoms with Crippen molar-refractivity contribution < 1.29 is 28.3 Å². The molecule has 1 amide bonds. The van der Waals surface area contributed by atoms with E-state index >= 15 is 0 Å². The first kappa shape index (κ1) is 21.9. The van der Waals surface area contributed by atoms with Crippen LogP contribution < -0.4 is 14.8 Å². The van der Waals surface area contributed by atoms with Crippen molar-refractivity contribution in [3.05, 3.63) is 65.4 Å². The van der Waals surface area contributed by atoms with Crippen molar-refractivity contribution in [1.29, 1.82) is 0 Å². The lowest BCUT2D eigenvalue weighted by Gasteiger charge is -2.08. The quantitative estimate of drug-likeness (QED) is 0.282. The highest BCUT2D eigenvalue weighted by atomic mass is 32.2. The van der Waals surface area contributed by atoms with Crippen LogP contribution in [-0.4, -0.2) is 39.5 Å². The first-order valence-corrected chi connectivity index (χ1v) is 11.8. The van der Waals surface area contributed by atoms with Crippen LogP contribution in [0.1, 0.15) is 16.2 Å². The Labute approximate surface area is 201 Å². The normalized spacial score (nSPS) is 11.9. The van der Waals surface area contributed by atoms with Crippen LogP contribution in [-0.2, 0) is 16.1 Å². The molecular formula is C22H16N4O6S2. The topological polar surface area (TPSA) is 126 Å². The molecule has 172 valence electrons. The molecule has 0 fully saturated rings. The number of ether oxygens (including phenoxy) is 3. The number of hydrogen-bond acceptors (Lipinski definition) is 11. The number of nitrogens with one attached hydrogen (secondary N) is 1. The summed E-state index contributed by atoms with van der Waals surface area (Å²) in [4.78, 5) is 34.3. The predicted molar refractivity (Wildman–Crippen MR) is 123 cm³/mol. The molecule has 4 aromatic rings. The second kappa shape index (κ2) is 9.93. The fourth-order valence-electron chi connectivity index (χ4n) is 2.99. The number of pyridine rings is 1. The minimum absolute atomic E-state index is 0.0424. The monoisotopic (exact) mass is 496 g/mol. The smallest absolute Gasteiger partial charge is 0.341 e. The number of hydrogen-bond donors (Lipinski definition) is 1. The van der Waals surface area contributed by atoms with E-state index in [0.29, 0.717) is 28.1 Å². The summed E-state index contributed by atoms with van der Waals surface area (Å²) in [5.74, 6) is 0.999. The van der Waals surface area contributed by atoms with Gasteiger partial charge >= 0.3 is 5.97 Å². The average Bonchev–Trinajstić information content (AvgIpc) is 3.62. The van der Waals surface area contributed by atoms with Crippen LogP contribution in [0.25, 0.3) is 10.8 Å². The molecule has 1 aromatic carbocycles. The number of fused-ring (bicyclic) bond motifs is 1. The molecule has 12 heteroatoms. The number of thioether (sulfide) groups is 1. The second-order valence-corrected chi connectivity index (χ2v) is 8.74. The van der Waals surface area contributed by atoms with Crippen molar-refractivity contribution in [2.45, 2.75) is 11.6 Å². The van der Waals surface area contributed by atoms with E-state index in [2.05, 4.69) is 20.4 Å². The fraction of sp³-hybridized carbons (Fsp3) is 0.136. The van der Waals surface area contributed by atoms with E-state index < -0.39 is 5.97 Å². The summed E-state index contributed by atoms with van der Waals surface area (Å²) in [6, 6.07) is 12.1. The van der Waals surface area contributed by atoms with Crippen LogP contribution >= 0.6 is 23.1 Å². The maximum atomic E-state index is 12.6. The van der Waals surface area contributed by atoms with Gasteiger partial charge in [0, 0.05) is 18.0 Å². The zero-order valence-electron chi connectivity index (χ0n) is 17.4. The Hall–Kier alpha value is -3.90. The lowest BCUT2D eigenvalue weighted by atomic mass is 10.3. The van der Waals surface area contributed by atoms with Gasteiger partial charge in [-0.1, -0.05) is 23.0 Å². The van der Waals surface area contributed by atoms with Crippen molar-refractivity contribution in [1.82, 2.24) is 15.1 Å². The summed E-state index contributed by atoms with van der Waals surface area (Å²) in [6.07, 6.45) is 1.54. The maximum absolute atomic E-state index is 12.6. The maximum Gasteiger partial charge on any atom is 0.341 e. The molecule has 10 nitrogen and oxygen atoms in total. The van der Waals surface area contributed by atoms with Crippen LogP contribution in [0.5, 0.6) is 11.5 Å².